The fourth-order valence-corrected chi connectivity index (χ4v) is 2.25. The molecule has 128 valence electrons. The van der Waals surface area contributed by atoms with Crippen LogP contribution in [0.15, 0.2) is 47.1 Å². The van der Waals surface area contributed by atoms with E-state index in [-0.39, 0.29) is 19.0 Å². The van der Waals surface area contributed by atoms with E-state index in [0.29, 0.717) is 25.3 Å². The van der Waals surface area contributed by atoms with Gasteiger partial charge < -0.3 is 19.7 Å². The van der Waals surface area contributed by atoms with Crippen molar-refractivity contribution in [2.45, 2.75) is 26.3 Å². The van der Waals surface area contributed by atoms with Crippen LogP contribution in [-0.4, -0.2) is 35.1 Å². The van der Waals surface area contributed by atoms with Crippen molar-refractivity contribution >= 4 is 12.0 Å². The molecule has 0 unspecified atom stereocenters. The largest absolute Gasteiger partial charge is 0.481 e. The highest BCUT2D eigenvalue weighted by molar-refractivity contribution is 5.75. The molecule has 2 amide bonds. The SMILES string of the molecule is Cc1ccc(CCN(Cc2ccco2)C(=O)NCCC(=O)O)cc1. The van der Waals surface area contributed by atoms with Crippen LogP contribution < -0.4 is 5.32 Å². The molecule has 0 saturated carbocycles. The molecule has 0 aliphatic rings. The number of furan rings is 1. The number of benzene rings is 1. The van der Waals surface area contributed by atoms with Crippen LogP contribution in [0.2, 0.25) is 0 Å². The Morgan fingerprint density at radius 3 is 2.58 bits per heavy atom. The molecule has 0 bridgehead atoms. The van der Waals surface area contributed by atoms with E-state index in [2.05, 4.69) is 5.32 Å². The fourth-order valence-electron chi connectivity index (χ4n) is 2.25. The number of carbonyl (C=O) groups is 2. The van der Waals surface area contributed by atoms with Gasteiger partial charge in [-0.25, -0.2) is 4.79 Å². The second-order valence-corrected chi connectivity index (χ2v) is 5.61. The Balaban J connectivity index is 1.94. The normalized spacial score (nSPS) is 10.4. The summed E-state index contributed by atoms with van der Waals surface area (Å²) in [5.41, 5.74) is 2.33. The number of amides is 2. The van der Waals surface area contributed by atoms with Crippen molar-refractivity contribution in [3.8, 4) is 0 Å². The van der Waals surface area contributed by atoms with Gasteiger partial charge in [-0.1, -0.05) is 29.8 Å². The van der Waals surface area contributed by atoms with E-state index < -0.39 is 5.97 Å². The van der Waals surface area contributed by atoms with Crippen LogP contribution in [0.25, 0.3) is 0 Å². The lowest BCUT2D eigenvalue weighted by Crippen LogP contribution is -2.41. The van der Waals surface area contributed by atoms with Gasteiger partial charge in [0, 0.05) is 13.1 Å². The molecule has 1 aromatic carbocycles. The summed E-state index contributed by atoms with van der Waals surface area (Å²) in [5.74, 6) is -0.250. The van der Waals surface area contributed by atoms with Crippen LogP contribution in [0.3, 0.4) is 0 Å². The van der Waals surface area contributed by atoms with Crippen LogP contribution in [0, 0.1) is 6.92 Å². The second kappa shape index (κ2) is 8.76. The molecule has 2 N–H and O–H groups in total. The molecular weight excluding hydrogens is 308 g/mol. The van der Waals surface area contributed by atoms with Gasteiger partial charge in [-0.3, -0.25) is 4.79 Å². The first kappa shape index (κ1) is 17.6. The molecule has 0 aliphatic carbocycles. The fraction of sp³-hybridized carbons (Fsp3) is 0.333. The Morgan fingerprint density at radius 2 is 1.96 bits per heavy atom. The minimum absolute atomic E-state index is 0.0989. The Hall–Kier alpha value is -2.76. The van der Waals surface area contributed by atoms with E-state index in [1.165, 1.54) is 5.56 Å². The number of urea groups is 1. The van der Waals surface area contributed by atoms with Crippen molar-refractivity contribution in [2.75, 3.05) is 13.1 Å². The predicted octanol–water partition coefficient (Wildman–Crippen LogP) is 2.82. The first-order valence-corrected chi connectivity index (χ1v) is 7.87. The van der Waals surface area contributed by atoms with Gasteiger partial charge in [-0.15, -0.1) is 0 Å². The minimum Gasteiger partial charge on any atom is -0.481 e. The third-order valence-electron chi connectivity index (χ3n) is 3.62. The number of hydrogen-bond acceptors (Lipinski definition) is 3. The van der Waals surface area contributed by atoms with Crippen LogP contribution >= 0.6 is 0 Å². The van der Waals surface area contributed by atoms with E-state index in [1.807, 2.05) is 37.3 Å². The first-order chi connectivity index (χ1) is 11.5. The van der Waals surface area contributed by atoms with Crippen molar-refractivity contribution in [1.29, 1.82) is 0 Å². The van der Waals surface area contributed by atoms with Crippen molar-refractivity contribution < 1.29 is 19.1 Å². The third-order valence-corrected chi connectivity index (χ3v) is 3.62. The van der Waals surface area contributed by atoms with Crippen LogP contribution in [0.5, 0.6) is 0 Å². The Morgan fingerprint density at radius 1 is 1.21 bits per heavy atom. The lowest BCUT2D eigenvalue weighted by molar-refractivity contribution is -0.136. The van der Waals surface area contributed by atoms with Gasteiger partial charge in [0.25, 0.3) is 0 Å². The Bertz CT molecular complexity index is 650. The van der Waals surface area contributed by atoms with Crippen molar-refractivity contribution in [2.24, 2.45) is 0 Å². The number of rotatable bonds is 8. The summed E-state index contributed by atoms with van der Waals surface area (Å²) in [4.78, 5) is 24.5. The van der Waals surface area contributed by atoms with Crippen LogP contribution in [-0.2, 0) is 17.8 Å². The quantitative estimate of drug-likeness (QED) is 0.779. The first-order valence-electron chi connectivity index (χ1n) is 7.87. The highest BCUT2D eigenvalue weighted by atomic mass is 16.4. The molecular formula is C18H22N2O4. The van der Waals surface area contributed by atoms with Gasteiger partial charge in [0.15, 0.2) is 0 Å². The minimum atomic E-state index is -0.937. The van der Waals surface area contributed by atoms with Gasteiger partial charge >= 0.3 is 12.0 Å². The average Bonchev–Trinajstić information content (AvgIpc) is 3.05. The highest BCUT2D eigenvalue weighted by Crippen LogP contribution is 2.09. The lowest BCUT2D eigenvalue weighted by atomic mass is 10.1. The van der Waals surface area contributed by atoms with Crippen LogP contribution in [0.4, 0.5) is 4.79 Å². The highest BCUT2D eigenvalue weighted by Gasteiger charge is 2.15. The monoisotopic (exact) mass is 330 g/mol. The molecule has 0 saturated heterocycles. The van der Waals surface area contributed by atoms with Gasteiger partial charge in [0.05, 0.1) is 19.2 Å². The van der Waals surface area contributed by atoms with E-state index in [0.717, 1.165) is 5.56 Å². The topological polar surface area (TPSA) is 82.8 Å². The average molecular weight is 330 g/mol. The molecule has 2 rings (SSSR count). The van der Waals surface area contributed by atoms with Crippen LogP contribution in [0.1, 0.15) is 23.3 Å². The van der Waals surface area contributed by atoms with Gasteiger partial charge in [0.1, 0.15) is 5.76 Å². The zero-order chi connectivity index (χ0) is 17.4. The number of carbonyl (C=O) groups excluding carboxylic acids is 1. The van der Waals surface area contributed by atoms with E-state index in [9.17, 15) is 9.59 Å². The maximum Gasteiger partial charge on any atom is 0.317 e. The number of nitrogens with one attached hydrogen (secondary N) is 1. The summed E-state index contributed by atoms with van der Waals surface area (Å²) in [5, 5.41) is 11.3. The van der Waals surface area contributed by atoms with Gasteiger partial charge in [-0.2, -0.15) is 0 Å². The Kier molecular flexibility index (Phi) is 6.42. The molecule has 0 fully saturated rings. The molecule has 0 radical (unpaired) electrons. The molecule has 0 aliphatic heterocycles. The second-order valence-electron chi connectivity index (χ2n) is 5.61. The van der Waals surface area contributed by atoms with E-state index >= 15 is 0 Å². The molecule has 2 aromatic rings. The number of carboxylic acids is 1. The van der Waals surface area contributed by atoms with Crippen molar-refractivity contribution in [1.82, 2.24) is 10.2 Å². The van der Waals surface area contributed by atoms with E-state index in [4.69, 9.17) is 9.52 Å². The molecule has 24 heavy (non-hydrogen) atoms. The van der Waals surface area contributed by atoms with Gasteiger partial charge in [0.2, 0.25) is 0 Å². The molecule has 1 heterocycles. The molecule has 0 spiro atoms. The predicted molar refractivity (Wildman–Crippen MR) is 89.7 cm³/mol. The Labute approximate surface area is 141 Å². The summed E-state index contributed by atoms with van der Waals surface area (Å²) in [6.45, 7) is 3.00. The number of hydrogen-bond donors (Lipinski definition) is 2. The number of aryl methyl sites for hydroxylation is 1. The summed E-state index contributed by atoms with van der Waals surface area (Å²) < 4.78 is 5.31. The number of carboxylic acid groups (broad SMARTS) is 1. The standard InChI is InChI=1S/C18H22N2O4/c1-14-4-6-15(7-5-14)9-11-20(13-16-3-2-12-24-16)18(23)19-10-8-17(21)22/h2-7,12H,8-11,13H2,1H3,(H,19,23)(H,21,22). The summed E-state index contributed by atoms with van der Waals surface area (Å²) in [6, 6.07) is 11.5. The van der Waals surface area contributed by atoms with Gasteiger partial charge in [-0.05, 0) is 31.0 Å². The molecule has 0 atom stereocenters. The van der Waals surface area contributed by atoms with Crippen molar-refractivity contribution in [3.63, 3.8) is 0 Å². The summed E-state index contributed by atoms with van der Waals surface area (Å²) in [7, 11) is 0. The molecule has 6 heteroatoms. The number of aliphatic carboxylic acids is 1. The smallest absolute Gasteiger partial charge is 0.317 e. The molecule has 6 nitrogen and oxygen atoms in total. The maximum absolute atomic E-state index is 12.3. The van der Waals surface area contributed by atoms with E-state index in [1.54, 1.807) is 17.2 Å². The maximum atomic E-state index is 12.3. The third kappa shape index (κ3) is 5.79. The summed E-state index contributed by atoms with van der Waals surface area (Å²) in [6.07, 6.45) is 2.18. The molecule has 1 aromatic heterocycles. The lowest BCUT2D eigenvalue weighted by Gasteiger charge is -2.22. The van der Waals surface area contributed by atoms with Crippen molar-refractivity contribution in [3.05, 3.63) is 59.5 Å². The zero-order valence-electron chi connectivity index (χ0n) is 13.7. The number of nitrogens with zero attached hydrogens (tertiary/aromatic N) is 1. The summed E-state index contributed by atoms with van der Waals surface area (Å²) >= 11 is 0. The zero-order valence-corrected chi connectivity index (χ0v) is 13.7.